The Hall–Kier alpha value is -3.55. The number of aryl methyl sites for hydroxylation is 1. The first-order chi connectivity index (χ1) is 16.5. The summed E-state index contributed by atoms with van der Waals surface area (Å²) in [5.41, 5.74) is 4.97. The second-order valence-electron chi connectivity index (χ2n) is 8.10. The van der Waals surface area contributed by atoms with Crippen molar-refractivity contribution in [2.24, 2.45) is 9.98 Å². The second kappa shape index (κ2) is 11.0. The first-order valence-corrected chi connectivity index (χ1v) is 11.5. The molecule has 0 radical (unpaired) electrons. The highest BCUT2D eigenvalue weighted by molar-refractivity contribution is 6.33. The highest BCUT2D eigenvalue weighted by Crippen LogP contribution is 2.30. The standard InChI is InChI=1S/C26H28ClN7/c1-19-7-9-23(26(31-19)22-6-4-5-12-30-22)32-25(28-2)11-13-29-20-8-10-24(21(27)18-20)34-16-14-33(3)15-17-34/h4-13,18,29H,2,14-17H2,1,3H3. The van der Waals surface area contributed by atoms with Crippen LogP contribution in [0.15, 0.2) is 77.0 Å². The third-order valence-electron chi connectivity index (χ3n) is 5.59. The molecule has 0 spiro atoms. The highest BCUT2D eigenvalue weighted by atomic mass is 35.5. The smallest absolute Gasteiger partial charge is 0.153 e. The van der Waals surface area contributed by atoms with E-state index in [9.17, 15) is 0 Å². The number of rotatable bonds is 6. The average Bonchev–Trinajstić information content (AvgIpc) is 2.85. The number of halogens is 1. The lowest BCUT2D eigenvalue weighted by Gasteiger charge is -2.34. The molecular formula is C26H28ClN7. The van der Waals surface area contributed by atoms with Crippen LogP contribution in [0.1, 0.15) is 5.69 Å². The fraction of sp³-hybridized carbons (Fsp3) is 0.231. The van der Waals surface area contributed by atoms with E-state index in [1.807, 2.05) is 49.4 Å². The summed E-state index contributed by atoms with van der Waals surface area (Å²) >= 11 is 6.58. The fourth-order valence-electron chi connectivity index (χ4n) is 3.69. The van der Waals surface area contributed by atoms with Crippen molar-refractivity contribution in [1.82, 2.24) is 14.9 Å². The number of aromatic nitrogens is 2. The second-order valence-corrected chi connectivity index (χ2v) is 8.50. The molecule has 0 atom stereocenters. The van der Waals surface area contributed by atoms with E-state index in [-0.39, 0.29) is 0 Å². The number of nitrogens with zero attached hydrogens (tertiary/aromatic N) is 6. The van der Waals surface area contributed by atoms with Gasteiger partial charge >= 0.3 is 0 Å². The maximum Gasteiger partial charge on any atom is 0.153 e. The van der Waals surface area contributed by atoms with Crippen LogP contribution in [0, 0.1) is 6.92 Å². The molecule has 4 rings (SSSR count). The van der Waals surface area contributed by atoms with E-state index in [1.54, 1.807) is 18.5 Å². The molecule has 174 valence electrons. The van der Waals surface area contributed by atoms with E-state index < -0.39 is 0 Å². The fourth-order valence-corrected chi connectivity index (χ4v) is 3.99. The van der Waals surface area contributed by atoms with Crippen LogP contribution in [0.25, 0.3) is 11.4 Å². The predicted molar refractivity (Wildman–Crippen MR) is 143 cm³/mol. The molecule has 3 heterocycles. The molecule has 1 saturated heterocycles. The summed E-state index contributed by atoms with van der Waals surface area (Å²) < 4.78 is 0. The lowest BCUT2D eigenvalue weighted by atomic mass is 10.2. The molecule has 1 fully saturated rings. The zero-order chi connectivity index (χ0) is 23.9. The van der Waals surface area contributed by atoms with Gasteiger partial charge < -0.3 is 15.1 Å². The van der Waals surface area contributed by atoms with Crippen molar-refractivity contribution in [3.8, 4) is 11.4 Å². The van der Waals surface area contributed by atoms with Crippen LogP contribution in [0.3, 0.4) is 0 Å². The monoisotopic (exact) mass is 473 g/mol. The minimum absolute atomic E-state index is 0.454. The maximum atomic E-state index is 6.58. The summed E-state index contributed by atoms with van der Waals surface area (Å²) in [5, 5.41) is 3.97. The molecule has 34 heavy (non-hydrogen) atoms. The summed E-state index contributed by atoms with van der Waals surface area (Å²) in [4.78, 5) is 22.4. The van der Waals surface area contributed by atoms with Crippen molar-refractivity contribution in [2.45, 2.75) is 6.92 Å². The summed E-state index contributed by atoms with van der Waals surface area (Å²) in [7, 11) is 2.14. The van der Waals surface area contributed by atoms with E-state index in [0.717, 1.165) is 54.0 Å². The molecule has 0 unspecified atom stereocenters. The van der Waals surface area contributed by atoms with Crippen molar-refractivity contribution in [3.63, 3.8) is 0 Å². The Morgan fingerprint density at radius 3 is 2.65 bits per heavy atom. The van der Waals surface area contributed by atoms with Gasteiger partial charge in [-0.1, -0.05) is 17.7 Å². The number of piperazine rings is 1. The number of nitrogens with one attached hydrogen (secondary N) is 1. The van der Waals surface area contributed by atoms with Gasteiger partial charge in [-0.3, -0.25) is 4.98 Å². The number of hydrogen-bond donors (Lipinski definition) is 1. The molecule has 0 aliphatic carbocycles. The highest BCUT2D eigenvalue weighted by Gasteiger charge is 2.16. The molecule has 0 amide bonds. The number of likely N-dealkylation sites (N-methyl/N-ethyl adjacent to an activating group) is 1. The largest absolute Gasteiger partial charge is 0.368 e. The Bertz CT molecular complexity index is 1200. The number of hydrogen-bond acceptors (Lipinski definition) is 6. The van der Waals surface area contributed by atoms with Gasteiger partial charge in [-0.05, 0) is 69.2 Å². The molecule has 1 N–H and O–H groups in total. The Kier molecular flexibility index (Phi) is 7.67. The Balaban J connectivity index is 1.48. The van der Waals surface area contributed by atoms with Gasteiger partial charge in [0.15, 0.2) is 5.84 Å². The van der Waals surface area contributed by atoms with Crippen molar-refractivity contribution < 1.29 is 0 Å². The molecule has 8 heteroatoms. The van der Waals surface area contributed by atoms with Gasteiger partial charge in [-0.25, -0.2) is 15.0 Å². The lowest BCUT2D eigenvalue weighted by molar-refractivity contribution is 0.313. The molecule has 7 nitrogen and oxygen atoms in total. The molecule has 0 saturated carbocycles. The number of anilines is 2. The topological polar surface area (TPSA) is 69.0 Å². The summed E-state index contributed by atoms with van der Waals surface area (Å²) in [6.07, 6.45) is 5.28. The quantitative estimate of drug-likeness (QED) is 0.393. The van der Waals surface area contributed by atoms with Crippen molar-refractivity contribution >= 4 is 41.2 Å². The van der Waals surface area contributed by atoms with Gasteiger partial charge in [0.05, 0.1) is 22.1 Å². The number of benzene rings is 1. The van der Waals surface area contributed by atoms with E-state index in [1.165, 1.54) is 0 Å². The minimum atomic E-state index is 0.454. The normalized spacial score (nSPS) is 15.0. The number of amidine groups is 1. The van der Waals surface area contributed by atoms with Gasteiger partial charge in [0.25, 0.3) is 0 Å². The van der Waals surface area contributed by atoms with Gasteiger partial charge in [-0.2, -0.15) is 0 Å². The molecule has 2 aromatic heterocycles. The SMILES string of the molecule is C=NC(C=CNc1ccc(N2CCN(C)CC2)c(Cl)c1)=Nc1ccc(C)nc1-c1ccccn1. The lowest BCUT2D eigenvalue weighted by Crippen LogP contribution is -2.44. The van der Waals surface area contributed by atoms with Gasteiger partial charge in [-0.15, -0.1) is 0 Å². The van der Waals surface area contributed by atoms with E-state index >= 15 is 0 Å². The predicted octanol–water partition coefficient (Wildman–Crippen LogP) is 5.21. The first-order valence-electron chi connectivity index (χ1n) is 11.1. The Labute approximate surface area is 205 Å². The maximum absolute atomic E-state index is 6.58. The van der Waals surface area contributed by atoms with E-state index in [2.05, 4.69) is 54.9 Å². The zero-order valence-electron chi connectivity index (χ0n) is 19.4. The molecule has 1 aliphatic rings. The number of pyridine rings is 2. The van der Waals surface area contributed by atoms with Crippen LogP contribution in [0.2, 0.25) is 5.02 Å². The van der Waals surface area contributed by atoms with Crippen molar-refractivity contribution in [1.29, 1.82) is 0 Å². The van der Waals surface area contributed by atoms with Gasteiger partial charge in [0, 0.05) is 50.0 Å². The molecule has 0 bridgehead atoms. The molecular weight excluding hydrogens is 446 g/mol. The van der Waals surface area contributed by atoms with Crippen LogP contribution >= 0.6 is 11.6 Å². The Morgan fingerprint density at radius 2 is 1.94 bits per heavy atom. The third kappa shape index (κ3) is 5.87. The summed E-state index contributed by atoms with van der Waals surface area (Å²) in [5.74, 6) is 0.454. The van der Waals surface area contributed by atoms with Crippen LogP contribution in [0.4, 0.5) is 17.1 Å². The van der Waals surface area contributed by atoms with Crippen LogP contribution in [-0.4, -0.2) is 60.6 Å². The molecule has 1 aliphatic heterocycles. The van der Waals surface area contributed by atoms with Crippen LogP contribution in [0.5, 0.6) is 0 Å². The Morgan fingerprint density at radius 1 is 1.12 bits per heavy atom. The average molecular weight is 474 g/mol. The first kappa shape index (κ1) is 23.6. The van der Waals surface area contributed by atoms with Crippen molar-refractivity contribution in [2.75, 3.05) is 43.4 Å². The molecule has 3 aromatic rings. The third-order valence-corrected chi connectivity index (χ3v) is 5.89. The number of aliphatic imine (C=N–C) groups is 2. The van der Waals surface area contributed by atoms with Gasteiger partial charge in [0.1, 0.15) is 5.69 Å². The van der Waals surface area contributed by atoms with Crippen molar-refractivity contribution in [3.05, 3.63) is 77.7 Å². The molecule has 1 aromatic carbocycles. The zero-order valence-corrected chi connectivity index (χ0v) is 20.2. The van der Waals surface area contributed by atoms with E-state index in [4.69, 9.17) is 11.6 Å². The summed E-state index contributed by atoms with van der Waals surface area (Å²) in [6.45, 7) is 9.62. The van der Waals surface area contributed by atoms with Gasteiger partial charge in [0.2, 0.25) is 0 Å². The summed E-state index contributed by atoms with van der Waals surface area (Å²) in [6, 6.07) is 15.5. The minimum Gasteiger partial charge on any atom is -0.368 e. The van der Waals surface area contributed by atoms with E-state index in [0.29, 0.717) is 17.2 Å². The van der Waals surface area contributed by atoms with Crippen LogP contribution < -0.4 is 10.2 Å². The van der Waals surface area contributed by atoms with Crippen LogP contribution in [-0.2, 0) is 0 Å².